The van der Waals surface area contributed by atoms with Crippen LogP contribution in [0.2, 0.25) is 16.6 Å². The minimum atomic E-state index is -2.37. The molecule has 2 bridgehead atoms. The Bertz CT molecular complexity index is 4110. The molecule has 4 saturated heterocycles. The Morgan fingerprint density at radius 2 is 1.59 bits per heavy atom. The standard InChI is InChI=1S/C74H92F2N10O9SSi/c1-41(2)62(70(90)85-39-53(88)32-59(85)69(89)79-45(9)47-14-16-48(17-15-47)67-46(10)78-40-96-67)60-33-61(82-95-60)93-54-34-74(35-54)23-25-83(26-24-74)27-28-92-71-80-66-57(68(81-71)84-37-50-19-20-51(38-84)86(50)72(91)94-73(11,12)13)36-77-65(64(66)76)56-31-52(87)30-49-18-21-58(75)55(63(49)56)22-29-97(42(3)4,43(5)6)44(7)8/h14-18,21,30-31,33,36,40-45,50-51,53-54,59,62,87-88H,19-20,23-28,32,34-35,37-39H2,1-13H3,(H,79,89)/t45-,50?,51?,53+,59-,62-/m0/s1. The number of nitrogens with zero attached hydrogens (tertiary/aromatic N) is 9. The normalized spacial score (nSPS) is 20.5. The van der Waals surface area contributed by atoms with Crippen molar-refractivity contribution >= 4 is 64.8 Å². The highest BCUT2D eigenvalue weighted by molar-refractivity contribution is 7.13. The number of anilines is 1. The van der Waals surface area contributed by atoms with E-state index in [2.05, 4.69) is 78.3 Å². The molecule has 7 aromatic rings. The number of carbonyl (C=O) groups excluding carboxylic acids is 3. The number of piperidine rings is 1. The SMILES string of the molecule is Cc1ncsc1-c1ccc([C@H](C)NC(=O)[C@@H]2C[C@@H](O)CN2C(=O)[C@H](c2cc(OC3CC4(CCN(CCOc5nc(N6CC7CCC(C6)N7C(=O)OC(C)(C)C)c6cnc(-c7cc(O)cc8ccc(F)c(C#C[Si](C(C)C)(C(C)C)C(C)C)c78)c(F)c6n5)CC4)C3)no2)C(C)C)cc1. The molecular formula is C74H92F2N10O9SSi. The number of fused-ring (bicyclic) bond motifs is 4. The zero-order valence-electron chi connectivity index (χ0n) is 58.0. The van der Waals surface area contributed by atoms with Gasteiger partial charge in [-0.3, -0.25) is 24.4 Å². The molecule has 8 heterocycles. The number of β-amino-alcohol motifs (C(OH)–C–C–N with tert-alkyl or cyclic N) is 1. The third-order valence-corrected chi connectivity index (χ3v) is 28.4. The van der Waals surface area contributed by atoms with E-state index >= 15 is 8.78 Å². The van der Waals surface area contributed by atoms with Crippen molar-refractivity contribution in [2.24, 2.45) is 11.3 Å². The first-order valence-corrected chi connectivity index (χ1v) is 37.6. The Morgan fingerprint density at radius 3 is 2.23 bits per heavy atom. The number of aromatic hydroxyl groups is 1. The van der Waals surface area contributed by atoms with Crippen molar-refractivity contribution < 1.29 is 52.1 Å². The van der Waals surface area contributed by atoms with Crippen molar-refractivity contribution in [3.63, 3.8) is 0 Å². The van der Waals surface area contributed by atoms with Crippen molar-refractivity contribution in [3.05, 3.63) is 101 Å². The summed E-state index contributed by atoms with van der Waals surface area (Å²) < 4.78 is 58.9. The van der Waals surface area contributed by atoms with Crippen LogP contribution in [0.25, 0.3) is 43.4 Å². The quantitative estimate of drug-likeness (QED) is 0.0537. The monoisotopic (exact) mass is 1360 g/mol. The summed E-state index contributed by atoms with van der Waals surface area (Å²) in [5, 5.41) is 30.6. The lowest BCUT2D eigenvalue weighted by Crippen LogP contribution is -2.57. The van der Waals surface area contributed by atoms with Gasteiger partial charge in [0, 0.05) is 55.8 Å². The number of aliphatic hydroxyl groups excluding tert-OH is 1. The number of halogens is 2. The maximum atomic E-state index is 18.0. The Balaban J connectivity index is 0.714. The number of piperazine rings is 1. The van der Waals surface area contributed by atoms with Gasteiger partial charge >= 0.3 is 12.1 Å². The Kier molecular flexibility index (Phi) is 19.6. The molecule has 0 radical (unpaired) electrons. The third kappa shape index (κ3) is 13.9. The van der Waals surface area contributed by atoms with Crippen LogP contribution in [0.3, 0.4) is 0 Å². The number of hydrogen-bond donors (Lipinski definition) is 3. The Hall–Kier alpha value is -7.78. The van der Waals surface area contributed by atoms with Crippen LogP contribution >= 0.6 is 11.3 Å². The van der Waals surface area contributed by atoms with E-state index in [1.807, 2.05) is 83.1 Å². The molecule has 516 valence electrons. The summed E-state index contributed by atoms with van der Waals surface area (Å²) >= 11 is 1.58. The molecule has 1 saturated carbocycles. The molecule has 23 heteroatoms. The molecule has 19 nitrogen and oxygen atoms in total. The number of carbonyl (C=O) groups is 3. The van der Waals surface area contributed by atoms with Gasteiger partial charge in [-0.1, -0.05) is 91.6 Å². The van der Waals surface area contributed by atoms with Crippen LogP contribution in [-0.4, -0.2) is 158 Å². The zero-order valence-corrected chi connectivity index (χ0v) is 59.9. The van der Waals surface area contributed by atoms with Gasteiger partial charge in [-0.25, -0.2) is 18.6 Å². The number of thiazole rings is 1. The maximum absolute atomic E-state index is 18.0. The van der Waals surface area contributed by atoms with Crippen LogP contribution in [0, 0.1) is 41.4 Å². The number of hydrogen-bond acceptors (Lipinski definition) is 17. The van der Waals surface area contributed by atoms with E-state index in [4.69, 9.17) is 33.7 Å². The molecule has 5 fully saturated rings. The second kappa shape index (κ2) is 27.5. The van der Waals surface area contributed by atoms with Gasteiger partial charge in [0.15, 0.2) is 11.6 Å². The van der Waals surface area contributed by atoms with E-state index < -0.39 is 43.4 Å². The van der Waals surface area contributed by atoms with Crippen molar-refractivity contribution in [1.29, 1.82) is 0 Å². The first-order chi connectivity index (χ1) is 46.1. The number of ether oxygens (including phenoxy) is 3. The molecule has 4 aliphatic heterocycles. The predicted molar refractivity (Wildman–Crippen MR) is 373 cm³/mol. The summed E-state index contributed by atoms with van der Waals surface area (Å²) in [4.78, 5) is 69.7. The van der Waals surface area contributed by atoms with Crippen LogP contribution in [0.1, 0.15) is 163 Å². The number of aryl methyl sites for hydroxylation is 1. The Morgan fingerprint density at radius 1 is 0.897 bits per heavy atom. The van der Waals surface area contributed by atoms with Gasteiger partial charge in [0.25, 0.3) is 5.88 Å². The van der Waals surface area contributed by atoms with Gasteiger partial charge in [-0.15, -0.1) is 16.9 Å². The van der Waals surface area contributed by atoms with E-state index in [0.29, 0.717) is 53.3 Å². The van der Waals surface area contributed by atoms with Crippen molar-refractivity contribution in [2.45, 2.75) is 199 Å². The number of likely N-dealkylation sites (tertiary alicyclic amines) is 2. The number of nitrogens with one attached hydrogen (secondary N) is 1. The molecule has 12 rings (SSSR count). The Labute approximate surface area is 572 Å². The molecule has 1 spiro atoms. The summed E-state index contributed by atoms with van der Waals surface area (Å²) in [6, 6.07) is 13.9. The van der Waals surface area contributed by atoms with Crippen LogP contribution in [0.4, 0.5) is 19.4 Å². The lowest BCUT2D eigenvalue weighted by Gasteiger charge is -2.51. The number of aliphatic hydroxyl groups is 1. The highest BCUT2D eigenvalue weighted by atomic mass is 32.1. The smallest absolute Gasteiger partial charge is 0.410 e. The zero-order chi connectivity index (χ0) is 69.2. The number of rotatable bonds is 18. The molecule has 3 N–H and O–H groups in total. The van der Waals surface area contributed by atoms with E-state index in [9.17, 15) is 24.6 Å². The van der Waals surface area contributed by atoms with Gasteiger partial charge in [0.05, 0.1) is 51.3 Å². The summed E-state index contributed by atoms with van der Waals surface area (Å²) in [6.07, 6.45) is 5.35. The second-order valence-electron chi connectivity index (χ2n) is 30.0. The molecule has 4 aromatic heterocycles. The average Bonchev–Trinajstić information content (AvgIpc) is 1.42. The van der Waals surface area contributed by atoms with Crippen LogP contribution in [-0.2, 0) is 14.3 Å². The molecule has 3 aromatic carbocycles. The highest BCUT2D eigenvalue weighted by Gasteiger charge is 2.49. The number of amides is 3. The van der Waals surface area contributed by atoms with Crippen molar-refractivity contribution in [3.8, 4) is 50.8 Å². The predicted octanol–water partition coefficient (Wildman–Crippen LogP) is 13.7. The van der Waals surface area contributed by atoms with Gasteiger partial charge < -0.3 is 44.1 Å². The number of benzene rings is 3. The third-order valence-electron chi connectivity index (χ3n) is 21.2. The molecule has 2 unspecified atom stereocenters. The summed E-state index contributed by atoms with van der Waals surface area (Å²) in [7, 11) is -2.37. The molecule has 5 aliphatic rings. The lowest BCUT2D eigenvalue weighted by atomic mass is 9.61. The minimum absolute atomic E-state index is 0.0196. The average molecular weight is 1360 g/mol. The van der Waals surface area contributed by atoms with E-state index in [-0.39, 0.29) is 124 Å². The molecule has 6 atom stereocenters. The van der Waals surface area contributed by atoms with E-state index in [0.717, 1.165) is 73.3 Å². The minimum Gasteiger partial charge on any atom is -0.508 e. The number of pyridine rings is 1. The van der Waals surface area contributed by atoms with Gasteiger partial charge in [-0.05, 0) is 154 Å². The number of phenolic OH excluding ortho intramolecular Hbond substituents is 1. The van der Waals surface area contributed by atoms with Crippen LogP contribution in [0.5, 0.6) is 17.6 Å². The summed E-state index contributed by atoms with van der Waals surface area (Å²) in [5.41, 5.74) is 8.72. The van der Waals surface area contributed by atoms with Gasteiger partial charge in [-0.2, -0.15) is 9.97 Å². The second-order valence-corrected chi connectivity index (χ2v) is 36.4. The maximum Gasteiger partial charge on any atom is 0.410 e. The number of phenols is 1. The fourth-order valence-corrected chi connectivity index (χ4v) is 22.2. The van der Waals surface area contributed by atoms with E-state index in [1.54, 1.807) is 23.5 Å². The first kappa shape index (κ1) is 69.1. The molecule has 1 aliphatic carbocycles. The fourth-order valence-electron chi connectivity index (χ4n) is 16.2. The summed E-state index contributed by atoms with van der Waals surface area (Å²) in [5.74, 6) is 1.20. The van der Waals surface area contributed by atoms with Crippen molar-refractivity contribution in [1.82, 2.24) is 45.1 Å². The largest absolute Gasteiger partial charge is 0.508 e. The highest BCUT2D eigenvalue weighted by Crippen LogP contribution is 2.51. The van der Waals surface area contributed by atoms with Gasteiger partial charge in [0.2, 0.25) is 11.8 Å². The van der Waals surface area contributed by atoms with Gasteiger partial charge in [0.1, 0.15) is 66.9 Å². The van der Waals surface area contributed by atoms with Crippen LogP contribution < -0.4 is 19.7 Å². The fraction of sp³-hybridized carbons (Fsp3) is 0.541. The first-order valence-electron chi connectivity index (χ1n) is 34.5. The molecule has 3 amide bonds. The van der Waals surface area contributed by atoms with Crippen molar-refractivity contribution in [2.75, 3.05) is 50.8 Å². The summed E-state index contributed by atoms with van der Waals surface area (Å²) in [6.45, 7) is 29.6. The topological polar surface area (TPSA) is 222 Å². The lowest BCUT2D eigenvalue weighted by molar-refractivity contribution is -0.141. The van der Waals surface area contributed by atoms with Crippen LogP contribution in [0.15, 0.2) is 70.8 Å². The molecular weight excluding hydrogens is 1270 g/mol. The van der Waals surface area contributed by atoms with E-state index in [1.165, 1.54) is 29.3 Å². The number of aromatic nitrogens is 5. The molecule has 97 heavy (non-hydrogen) atoms.